The number of carbonyl (C=O) groups excluding carboxylic acids is 2. The van der Waals surface area contributed by atoms with Crippen molar-refractivity contribution in [2.75, 3.05) is 16.4 Å². The number of benzene rings is 2. The van der Waals surface area contributed by atoms with Crippen LogP contribution in [0.3, 0.4) is 0 Å². The summed E-state index contributed by atoms with van der Waals surface area (Å²) in [5, 5.41) is 6.59. The molecule has 0 radical (unpaired) electrons. The second-order valence-corrected chi connectivity index (χ2v) is 6.44. The number of para-hydroxylation sites is 1. The van der Waals surface area contributed by atoms with Crippen LogP contribution in [0.5, 0.6) is 0 Å². The quantitative estimate of drug-likeness (QED) is 0.684. The van der Waals surface area contributed by atoms with Crippen LogP contribution in [0.25, 0.3) is 10.9 Å². The third kappa shape index (κ3) is 4.58. The van der Waals surface area contributed by atoms with Crippen molar-refractivity contribution in [1.29, 1.82) is 0 Å². The van der Waals surface area contributed by atoms with Crippen molar-refractivity contribution in [2.24, 2.45) is 0 Å². The monoisotopic (exact) mass is 351 g/mol. The summed E-state index contributed by atoms with van der Waals surface area (Å²) in [6.07, 6.45) is 1.75. The average Bonchev–Trinajstić information content (AvgIpc) is 2.61. The maximum Gasteiger partial charge on any atom is 0.234 e. The minimum atomic E-state index is -0.128. The van der Waals surface area contributed by atoms with E-state index in [-0.39, 0.29) is 11.8 Å². The molecule has 0 aliphatic carbocycles. The Bertz CT molecular complexity index is 905. The third-order valence-electron chi connectivity index (χ3n) is 3.44. The van der Waals surface area contributed by atoms with Crippen LogP contribution in [0.15, 0.2) is 65.7 Å². The normalized spacial score (nSPS) is 10.4. The van der Waals surface area contributed by atoms with Gasteiger partial charge in [-0.2, -0.15) is 0 Å². The Morgan fingerprint density at radius 2 is 1.64 bits per heavy atom. The molecule has 0 unspecified atom stereocenters. The van der Waals surface area contributed by atoms with Gasteiger partial charge in [0.05, 0.1) is 11.3 Å². The summed E-state index contributed by atoms with van der Waals surface area (Å²) in [6, 6.07) is 16.8. The number of nitrogens with one attached hydrogen (secondary N) is 2. The predicted molar refractivity (Wildman–Crippen MR) is 102 cm³/mol. The molecule has 1 aromatic heterocycles. The highest BCUT2D eigenvalue weighted by Gasteiger charge is 2.07. The molecule has 1 heterocycles. The van der Waals surface area contributed by atoms with Gasteiger partial charge in [-0.15, -0.1) is 11.8 Å². The van der Waals surface area contributed by atoms with Crippen LogP contribution in [0.2, 0.25) is 0 Å². The van der Waals surface area contributed by atoms with Crippen LogP contribution in [0, 0.1) is 0 Å². The first-order valence-electron chi connectivity index (χ1n) is 7.76. The minimum Gasteiger partial charge on any atom is -0.326 e. The molecule has 2 N–H and O–H groups in total. The van der Waals surface area contributed by atoms with E-state index in [9.17, 15) is 9.59 Å². The summed E-state index contributed by atoms with van der Waals surface area (Å²) >= 11 is 1.46. The van der Waals surface area contributed by atoms with Gasteiger partial charge in [0.25, 0.3) is 0 Å². The van der Waals surface area contributed by atoms with Crippen molar-refractivity contribution in [3.8, 4) is 0 Å². The molecule has 0 fully saturated rings. The molecular formula is C19H17N3O2S. The Kier molecular flexibility index (Phi) is 5.30. The van der Waals surface area contributed by atoms with Gasteiger partial charge < -0.3 is 10.6 Å². The first-order chi connectivity index (χ1) is 12.1. The molecule has 3 aromatic rings. The van der Waals surface area contributed by atoms with E-state index in [2.05, 4.69) is 15.6 Å². The van der Waals surface area contributed by atoms with Crippen LogP contribution in [-0.4, -0.2) is 22.6 Å². The molecule has 0 spiro atoms. The Balaban J connectivity index is 1.60. The van der Waals surface area contributed by atoms with Gasteiger partial charge >= 0.3 is 0 Å². The predicted octanol–water partition coefficient (Wildman–Crippen LogP) is 3.92. The molecule has 0 aliphatic rings. The van der Waals surface area contributed by atoms with Crippen molar-refractivity contribution in [3.63, 3.8) is 0 Å². The lowest BCUT2D eigenvalue weighted by atomic mass is 10.2. The van der Waals surface area contributed by atoms with Gasteiger partial charge in [-0.05, 0) is 36.4 Å². The van der Waals surface area contributed by atoms with E-state index in [1.807, 2.05) is 30.3 Å². The molecule has 2 aromatic carbocycles. The topological polar surface area (TPSA) is 71.1 Å². The van der Waals surface area contributed by atoms with Crippen LogP contribution in [0.1, 0.15) is 6.92 Å². The number of nitrogens with zero attached hydrogens (tertiary/aromatic N) is 1. The summed E-state index contributed by atoms with van der Waals surface area (Å²) in [6.45, 7) is 1.45. The number of hydrogen-bond acceptors (Lipinski definition) is 4. The average molecular weight is 351 g/mol. The fraction of sp³-hybridized carbons (Fsp3) is 0.105. The lowest BCUT2D eigenvalue weighted by Gasteiger charge is -2.08. The summed E-state index contributed by atoms with van der Waals surface area (Å²) in [7, 11) is 0. The van der Waals surface area contributed by atoms with Crippen molar-refractivity contribution in [2.45, 2.75) is 11.8 Å². The van der Waals surface area contributed by atoms with Gasteiger partial charge in [0.15, 0.2) is 0 Å². The minimum absolute atomic E-state index is 0.0924. The van der Waals surface area contributed by atoms with Crippen LogP contribution < -0.4 is 10.6 Å². The number of fused-ring (bicyclic) bond motifs is 1. The highest BCUT2D eigenvalue weighted by atomic mass is 32.2. The van der Waals surface area contributed by atoms with Gasteiger partial charge in [0, 0.05) is 34.8 Å². The number of pyridine rings is 1. The molecule has 5 nitrogen and oxygen atoms in total. The summed E-state index contributed by atoms with van der Waals surface area (Å²) in [4.78, 5) is 28.5. The second kappa shape index (κ2) is 7.81. The molecule has 0 aliphatic heterocycles. The first-order valence-corrected chi connectivity index (χ1v) is 8.74. The van der Waals surface area contributed by atoms with E-state index >= 15 is 0 Å². The number of rotatable bonds is 5. The third-order valence-corrected chi connectivity index (χ3v) is 4.49. The number of aromatic nitrogens is 1. The van der Waals surface area contributed by atoms with Gasteiger partial charge in [-0.25, -0.2) is 0 Å². The zero-order valence-corrected chi connectivity index (χ0v) is 14.5. The van der Waals surface area contributed by atoms with Crippen molar-refractivity contribution < 1.29 is 9.59 Å². The molecule has 6 heteroatoms. The molecule has 0 bridgehead atoms. The Labute approximate surface area is 149 Å². The van der Waals surface area contributed by atoms with E-state index < -0.39 is 0 Å². The fourth-order valence-corrected chi connectivity index (χ4v) is 3.21. The number of thioether (sulfide) groups is 1. The van der Waals surface area contributed by atoms with Crippen molar-refractivity contribution in [1.82, 2.24) is 4.98 Å². The van der Waals surface area contributed by atoms with E-state index in [4.69, 9.17) is 0 Å². The van der Waals surface area contributed by atoms with Crippen LogP contribution in [0.4, 0.5) is 11.4 Å². The first kappa shape index (κ1) is 17.0. The number of anilines is 2. The maximum atomic E-state index is 12.2. The van der Waals surface area contributed by atoms with Gasteiger partial charge in [0.2, 0.25) is 11.8 Å². The molecule has 2 amide bonds. The Hall–Kier alpha value is -2.86. The second-order valence-electron chi connectivity index (χ2n) is 5.43. The lowest BCUT2D eigenvalue weighted by Crippen LogP contribution is -2.14. The zero-order valence-electron chi connectivity index (χ0n) is 13.7. The Morgan fingerprint density at radius 1 is 0.960 bits per heavy atom. The zero-order chi connectivity index (χ0) is 17.6. The fourth-order valence-electron chi connectivity index (χ4n) is 2.37. The van der Waals surface area contributed by atoms with Crippen LogP contribution in [-0.2, 0) is 9.59 Å². The van der Waals surface area contributed by atoms with Crippen molar-refractivity contribution >= 4 is 45.9 Å². The van der Waals surface area contributed by atoms with E-state index in [1.165, 1.54) is 18.7 Å². The smallest absolute Gasteiger partial charge is 0.234 e. The standard InChI is InChI=1S/C19H17N3O2S/c1-13(23)21-15-7-9-16(10-8-15)22-18(24)12-25-17-6-2-4-14-5-3-11-20-19(14)17/h2-11H,12H2,1H3,(H,21,23)(H,22,24). The van der Waals surface area contributed by atoms with Gasteiger partial charge in [0.1, 0.15) is 0 Å². The molecule has 3 rings (SSSR count). The number of amides is 2. The Morgan fingerprint density at radius 3 is 2.36 bits per heavy atom. The molecule has 126 valence electrons. The molecular weight excluding hydrogens is 334 g/mol. The summed E-state index contributed by atoms with van der Waals surface area (Å²) in [5.74, 6) is 0.0745. The molecule has 0 saturated heterocycles. The van der Waals surface area contributed by atoms with Gasteiger partial charge in [-0.3, -0.25) is 14.6 Å². The number of carbonyl (C=O) groups is 2. The lowest BCUT2D eigenvalue weighted by molar-refractivity contribution is -0.114. The molecule has 0 saturated carbocycles. The van der Waals surface area contributed by atoms with Gasteiger partial charge in [-0.1, -0.05) is 18.2 Å². The van der Waals surface area contributed by atoms with E-state index in [0.717, 1.165) is 15.8 Å². The number of hydrogen-bond donors (Lipinski definition) is 2. The van der Waals surface area contributed by atoms with E-state index in [0.29, 0.717) is 17.1 Å². The van der Waals surface area contributed by atoms with Crippen LogP contribution >= 0.6 is 11.8 Å². The molecule has 25 heavy (non-hydrogen) atoms. The summed E-state index contributed by atoms with van der Waals surface area (Å²) in [5.41, 5.74) is 2.29. The molecule has 0 atom stereocenters. The van der Waals surface area contributed by atoms with Crippen molar-refractivity contribution in [3.05, 3.63) is 60.8 Å². The summed E-state index contributed by atoms with van der Waals surface area (Å²) < 4.78 is 0. The highest BCUT2D eigenvalue weighted by molar-refractivity contribution is 8.00. The van der Waals surface area contributed by atoms with E-state index in [1.54, 1.807) is 30.5 Å². The SMILES string of the molecule is CC(=O)Nc1ccc(NC(=O)CSc2cccc3cccnc23)cc1. The largest absolute Gasteiger partial charge is 0.326 e. The highest BCUT2D eigenvalue weighted by Crippen LogP contribution is 2.26. The maximum absolute atomic E-state index is 12.2.